The minimum Gasteiger partial charge on any atom is -0.469 e. The molecule has 0 aliphatic carbocycles. The summed E-state index contributed by atoms with van der Waals surface area (Å²) in [7, 11) is 0. The Bertz CT molecular complexity index is 909. The van der Waals surface area contributed by atoms with Gasteiger partial charge in [0.2, 0.25) is 0 Å². The van der Waals surface area contributed by atoms with Crippen LogP contribution in [0.1, 0.15) is 23.0 Å². The number of para-hydroxylation sites is 1. The van der Waals surface area contributed by atoms with Crippen LogP contribution in [-0.2, 0) is 6.42 Å². The van der Waals surface area contributed by atoms with Gasteiger partial charge in [-0.3, -0.25) is 4.79 Å². The monoisotopic (exact) mass is 327 g/mol. The molecule has 0 spiro atoms. The Kier molecular flexibility index (Phi) is 4.22. The molecule has 3 rings (SSSR count). The molecule has 6 nitrogen and oxygen atoms in total. The molecule has 2 aromatic heterocycles. The Hall–Kier alpha value is -2.86. The normalized spacial score (nSPS) is 13.6. The van der Waals surface area contributed by atoms with E-state index in [1.807, 2.05) is 0 Å². The first kappa shape index (κ1) is 16.0. The number of benzene rings is 1. The van der Waals surface area contributed by atoms with Gasteiger partial charge >= 0.3 is 5.63 Å². The lowest BCUT2D eigenvalue weighted by Crippen LogP contribution is -2.43. The molecule has 0 aliphatic rings. The average molecular weight is 327 g/mol. The zero-order valence-electron chi connectivity index (χ0n) is 13.1. The standard InChI is InChI=1S/C18H17NO5/c1-18(22,10-13-6-4-8-23-13)11-19-16(20)14-9-12-5-2-3-7-15(12)24-17(14)21/h2-9,22H,10-11H2,1H3,(H,19,20). The highest BCUT2D eigenvalue weighted by molar-refractivity contribution is 5.96. The molecule has 0 fully saturated rings. The van der Waals surface area contributed by atoms with Gasteiger partial charge in [-0.2, -0.15) is 0 Å². The number of furan rings is 1. The molecule has 2 heterocycles. The Morgan fingerprint density at radius 1 is 1.25 bits per heavy atom. The molecule has 3 aromatic rings. The van der Waals surface area contributed by atoms with Crippen LogP contribution < -0.4 is 10.9 Å². The van der Waals surface area contributed by atoms with Crippen molar-refractivity contribution in [2.75, 3.05) is 6.54 Å². The molecule has 1 unspecified atom stereocenters. The van der Waals surface area contributed by atoms with Crippen LogP contribution in [0, 0.1) is 0 Å². The third-order valence-electron chi connectivity index (χ3n) is 3.65. The number of rotatable bonds is 5. The van der Waals surface area contributed by atoms with Crippen LogP contribution in [0.25, 0.3) is 11.0 Å². The zero-order valence-corrected chi connectivity index (χ0v) is 13.1. The molecule has 2 N–H and O–H groups in total. The van der Waals surface area contributed by atoms with Crippen LogP contribution in [0.2, 0.25) is 0 Å². The summed E-state index contributed by atoms with van der Waals surface area (Å²) >= 11 is 0. The molecule has 1 amide bonds. The van der Waals surface area contributed by atoms with Gasteiger partial charge in [-0.15, -0.1) is 0 Å². The average Bonchev–Trinajstić information content (AvgIpc) is 3.04. The van der Waals surface area contributed by atoms with Crippen LogP contribution in [0.4, 0.5) is 0 Å². The fraction of sp³-hybridized carbons (Fsp3) is 0.222. The molecule has 0 aliphatic heterocycles. The molecule has 0 saturated heterocycles. The molecular formula is C18H17NO5. The smallest absolute Gasteiger partial charge is 0.349 e. The number of amides is 1. The highest BCUT2D eigenvalue weighted by Gasteiger charge is 2.24. The van der Waals surface area contributed by atoms with E-state index in [4.69, 9.17) is 8.83 Å². The second-order valence-electron chi connectivity index (χ2n) is 5.92. The summed E-state index contributed by atoms with van der Waals surface area (Å²) in [6.07, 6.45) is 1.76. The lowest BCUT2D eigenvalue weighted by molar-refractivity contribution is 0.0509. The number of fused-ring (bicyclic) bond motifs is 1. The van der Waals surface area contributed by atoms with Crippen molar-refractivity contribution in [3.63, 3.8) is 0 Å². The van der Waals surface area contributed by atoms with Crippen molar-refractivity contribution < 1.29 is 18.7 Å². The van der Waals surface area contributed by atoms with Crippen LogP contribution in [0.15, 0.2) is 62.4 Å². The summed E-state index contributed by atoms with van der Waals surface area (Å²) in [4.78, 5) is 24.2. The van der Waals surface area contributed by atoms with E-state index in [0.29, 0.717) is 16.7 Å². The summed E-state index contributed by atoms with van der Waals surface area (Å²) in [6.45, 7) is 1.55. The molecule has 0 saturated carbocycles. The Morgan fingerprint density at radius 3 is 2.79 bits per heavy atom. The van der Waals surface area contributed by atoms with Crippen molar-refractivity contribution in [1.29, 1.82) is 0 Å². The van der Waals surface area contributed by atoms with Gasteiger partial charge in [-0.25, -0.2) is 4.79 Å². The first-order chi connectivity index (χ1) is 11.4. The number of hydrogen-bond acceptors (Lipinski definition) is 5. The predicted molar refractivity (Wildman–Crippen MR) is 87.9 cm³/mol. The van der Waals surface area contributed by atoms with Crippen molar-refractivity contribution in [2.24, 2.45) is 0 Å². The SMILES string of the molecule is CC(O)(CNC(=O)c1cc2ccccc2oc1=O)Cc1ccco1. The van der Waals surface area contributed by atoms with E-state index in [9.17, 15) is 14.7 Å². The number of nitrogens with one attached hydrogen (secondary N) is 1. The van der Waals surface area contributed by atoms with Gasteiger partial charge in [0.15, 0.2) is 0 Å². The van der Waals surface area contributed by atoms with Gasteiger partial charge in [-0.05, 0) is 31.2 Å². The molecule has 1 aromatic carbocycles. The highest BCUT2D eigenvalue weighted by Crippen LogP contribution is 2.14. The third-order valence-corrected chi connectivity index (χ3v) is 3.65. The van der Waals surface area contributed by atoms with Gasteiger partial charge in [0.25, 0.3) is 5.91 Å². The Morgan fingerprint density at radius 2 is 2.04 bits per heavy atom. The topological polar surface area (TPSA) is 92.7 Å². The zero-order chi connectivity index (χ0) is 17.2. The third kappa shape index (κ3) is 3.55. The number of aliphatic hydroxyl groups is 1. The van der Waals surface area contributed by atoms with E-state index >= 15 is 0 Å². The van der Waals surface area contributed by atoms with Crippen LogP contribution in [-0.4, -0.2) is 23.2 Å². The second-order valence-corrected chi connectivity index (χ2v) is 5.92. The first-order valence-corrected chi connectivity index (χ1v) is 7.50. The Balaban J connectivity index is 1.73. The van der Waals surface area contributed by atoms with Crippen LogP contribution >= 0.6 is 0 Å². The quantitative estimate of drug-likeness (QED) is 0.700. The molecule has 24 heavy (non-hydrogen) atoms. The van der Waals surface area contributed by atoms with E-state index < -0.39 is 17.1 Å². The fourth-order valence-corrected chi connectivity index (χ4v) is 2.44. The van der Waals surface area contributed by atoms with E-state index in [2.05, 4.69) is 5.32 Å². The van der Waals surface area contributed by atoms with Crippen LogP contribution in [0.5, 0.6) is 0 Å². The summed E-state index contributed by atoms with van der Waals surface area (Å²) in [6, 6.07) is 11.9. The van der Waals surface area contributed by atoms with Crippen molar-refractivity contribution in [2.45, 2.75) is 18.9 Å². The maximum Gasteiger partial charge on any atom is 0.349 e. The van der Waals surface area contributed by atoms with E-state index in [1.165, 1.54) is 12.3 Å². The fourth-order valence-electron chi connectivity index (χ4n) is 2.44. The Labute approximate surface area is 137 Å². The molecule has 1 atom stereocenters. The highest BCUT2D eigenvalue weighted by atomic mass is 16.4. The second kappa shape index (κ2) is 6.33. The summed E-state index contributed by atoms with van der Waals surface area (Å²) in [5.74, 6) is 0.0219. The van der Waals surface area contributed by atoms with Crippen LogP contribution in [0.3, 0.4) is 0 Å². The minimum absolute atomic E-state index is 0.0290. The van der Waals surface area contributed by atoms with Gasteiger partial charge in [0.05, 0.1) is 11.9 Å². The lowest BCUT2D eigenvalue weighted by atomic mass is 10.0. The van der Waals surface area contributed by atoms with Gasteiger partial charge < -0.3 is 19.3 Å². The van der Waals surface area contributed by atoms with E-state index in [1.54, 1.807) is 43.3 Å². The van der Waals surface area contributed by atoms with Crippen molar-refractivity contribution in [3.05, 3.63) is 70.5 Å². The van der Waals surface area contributed by atoms with E-state index in [0.717, 1.165) is 0 Å². The molecule has 6 heteroatoms. The van der Waals surface area contributed by atoms with Gasteiger partial charge in [-0.1, -0.05) is 18.2 Å². The maximum atomic E-state index is 12.3. The lowest BCUT2D eigenvalue weighted by Gasteiger charge is -2.22. The van der Waals surface area contributed by atoms with Crippen molar-refractivity contribution in [1.82, 2.24) is 5.32 Å². The largest absolute Gasteiger partial charge is 0.469 e. The molecule has 0 radical (unpaired) electrons. The van der Waals surface area contributed by atoms with Gasteiger partial charge in [0.1, 0.15) is 16.9 Å². The van der Waals surface area contributed by atoms with Crippen molar-refractivity contribution in [3.8, 4) is 0 Å². The first-order valence-electron chi connectivity index (χ1n) is 7.50. The maximum absolute atomic E-state index is 12.3. The minimum atomic E-state index is -1.20. The van der Waals surface area contributed by atoms with E-state index in [-0.39, 0.29) is 18.5 Å². The van der Waals surface area contributed by atoms with Gasteiger partial charge in [0, 0.05) is 18.4 Å². The number of carbonyl (C=O) groups is 1. The summed E-state index contributed by atoms with van der Waals surface area (Å²) < 4.78 is 10.3. The summed E-state index contributed by atoms with van der Waals surface area (Å²) in [5, 5.41) is 13.6. The predicted octanol–water partition coefficient (Wildman–Crippen LogP) is 2.11. The molecule has 124 valence electrons. The summed E-state index contributed by atoms with van der Waals surface area (Å²) in [5.41, 5.74) is -1.59. The van der Waals surface area contributed by atoms with Crippen molar-refractivity contribution >= 4 is 16.9 Å². The molecule has 0 bridgehead atoms. The molecular weight excluding hydrogens is 310 g/mol. The number of hydrogen-bond donors (Lipinski definition) is 2. The number of carbonyl (C=O) groups excluding carboxylic acids is 1.